The summed E-state index contributed by atoms with van der Waals surface area (Å²) < 4.78 is 5.77. The largest absolute Gasteiger partial charge is 0.490 e. The molecule has 0 saturated heterocycles. The van der Waals surface area contributed by atoms with Crippen molar-refractivity contribution in [2.24, 2.45) is 0 Å². The summed E-state index contributed by atoms with van der Waals surface area (Å²) in [6, 6.07) is 15.5. The Labute approximate surface area is 154 Å². The average Bonchev–Trinajstić information content (AvgIpc) is 3.09. The summed E-state index contributed by atoms with van der Waals surface area (Å²) in [4.78, 5) is 3.02. The van der Waals surface area contributed by atoms with Crippen molar-refractivity contribution in [2.75, 3.05) is 6.61 Å². The van der Waals surface area contributed by atoms with E-state index in [2.05, 4.69) is 4.98 Å². The van der Waals surface area contributed by atoms with Crippen LogP contribution in [-0.2, 0) is 5.60 Å². The van der Waals surface area contributed by atoms with E-state index in [-0.39, 0.29) is 6.61 Å². The van der Waals surface area contributed by atoms with E-state index in [1.54, 1.807) is 60.8 Å². The SMILES string of the molecule is OC(COc1ccc(Cl)cc1)(c1ccc[nH]1)c1ccc(Cl)cc1Cl. The van der Waals surface area contributed by atoms with Crippen LogP contribution in [0.5, 0.6) is 5.75 Å². The first-order valence-electron chi connectivity index (χ1n) is 7.19. The number of benzene rings is 2. The highest BCUT2D eigenvalue weighted by molar-refractivity contribution is 6.35. The minimum absolute atomic E-state index is 0.0313. The molecule has 0 amide bonds. The fourth-order valence-corrected chi connectivity index (χ4v) is 3.12. The fourth-order valence-electron chi connectivity index (χ4n) is 2.43. The van der Waals surface area contributed by atoms with Gasteiger partial charge in [0.1, 0.15) is 12.4 Å². The van der Waals surface area contributed by atoms with Gasteiger partial charge < -0.3 is 14.8 Å². The lowest BCUT2D eigenvalue weighted by molar-refractivity contribution is 0.0244. The highest BCUT2D eigenvalue weighted by Crippen LogP contribution is 2.35. The molecule has 1 heterocycles. The van der Waals surface area contributed by atoms with E-state index >= 15 is 0 Å². The number of H-pyrrole nitrogens is 1. The van der Waals surface area contributed by atoms with Crippen LogP contribution in [0.25, 0.3) is 0 Å². The molecule has 24 heavy (non-hydrogen) atoms. The normalized spacial score (nSPS) is 13.5. The van der Waals surface area contributed by atoms with Gasteiger partial charge in [0.05, 0.1) is 5.69 Å². The number of rotatable bonds is 5. The minimum atomic E-state index is -1.45. The second-order valence-electron chi connectivity index (χ2n) is 5.31. The van der Waals surface area contributed by atoms with Gasteiger partial charge in [-0.05, 0) is 48.5 Å². The highest BCUT2D eigenvalue weighted by atomic mass is 35.5. The zero-order valence-corrected chi connectivity index (χ0v) is 14.7. The van der Waals surface area contributed by atoms with Crippen molar-refractivity contribution in [1.82, 2.24) is 4.98 Å². The Hall–Kier alpha value is -1.65. The van der Waals surface area contributed by atoms with Crippen LogP contribution in [-0.4, -0.2) is 16.7 Å². The molecule has 0 radical (unpaired) electrons. The topological polar surface area (TPSA) is 45.2 Å². The van der Waals surface area contributed by atoms with E-state index in [0.29, 0.717) is 32.1 Å². The zero-order chi connectivity index (χ0) is 17.2. The standard InChI is InChI=1S/C18H14Cl3NO2/c19-12-3-6-14(7-4-12)24-11-18(23,17-2-1-9-22-17)15-8-5-13(20)10-16(15)21/h1-10,22-23H,11H2. The second kappa shape index (κ2) is 7.08. The Bertz CT molecular complexity index is 819. The zero-order valence-electron chi connectivity index (χ0n) is 12.5. The number of aliphatic hydroxyl groups is 1. The first-order valence-corrected chi connectivity index (χ1v) is 8.32. The lowest BCUT2D eigenvalue weighted by Gasteiger charge is -2.29. The molecule has 0 spiro atoms. The van der Waals surface area contributed by atoms with Gasteiger partial charge in [-0.2, -0.15) is 0 Å². The molecular weight excluding hydrogens is 369 g/mol. The van der Waals surface area contributed by atoms with Crippen LogP contribution in [0, 0.1) is 0 Å². The van der Waals surface area contributed by atoms with E-state index in [4.69, 9.17) is 39.5 Å². The summed E-state index contributed by atoms with van der Waals surface area (Å²) in [6.07, 6.45) is 1.73. The molecular formula is C18H14Cl3NO2. The van der Waals surface area contributed by atoms with Crippen LogP contribution in [0.3, 0.4) is 0 Å². The molecule has 6 heteroatoms. The summed E-state index contributed by atoms with van der Waals surface area (Å²) in [7, 11) is 0. The van der Waals surface area contributed by atoms with Crippen LogP contribution >= 0.6 is 34.8 Å². The monoisotopic (exact) mass is 381 g/mol. The van der Waals surface area contributed by atoms with E-state index in [0.717, 1.165) is 0 Å². The Balaban J connectivity index is 1.95. The Morgan fingerprint density at radius 3 is 2.29 bits per heavy atom. The van der Waals surface area contributed by atoms with Crippen LogP contribution in [0.15, 0.2) is 60.8 Å². The summed E-state index contributed by atoms with van der Waals surface area (Å²) in [5.41, 5.74) is -0.379. The summed E-state index contributed by atoms with van der Waals surface area (Å²) in [5.74, 6) is 0.592. The van der Waals surface area contributed by atoms with Crippen LogP contribution < -0.4 is 4.74 Å². The summed E-state index contributed by atoms with van der Waals surface area (Å²) >= 11 is 18.1. The molecule has 2 N–H and O–H groups in total. The summed E-state index contributed by atoms with van der Waals surface area (Å²) in [6.45, 7) is -0.0313. The number of hydrogen-bond donors (Lipinski definition) is 2. The van der Waals surface area contributed by atoms with Gasteiger partial charge in [-0.3, -0.25) is 0 Å². The number of halogens is 3. The highest BCUT2D eigenvalue weighted by Gasteiger charge is 2.36. The third-order valence-electron chi connectivity index (χ3n) is 3.68. The number of aromatic nitrogens is 1. The molecule has 1 atom stereocenters. The van der Waals surface area contributed by atoms with E-state index in [1.165, 1.54) is 0 Å². The molecule has 0 aliphatic carbocycles. The third kappa shape index (κ3) is 3.55. The molecule has 0 saturated carbocycles. The number of nitrogens with one attached hydrogen (secondary N) is 1. The third-order valence-corrected chi connectivity index (χ3v) is 4.48. The molecule has 1 aromatic heterocycles. The number of hydrogen-bond acceptors (Lipinski definition) is 2. The molecule has 2 aromatic carbocycles. The molecule has 3 rings (SSSR count). The maximum atomic E-state index is 11.3. The lowest BCUT2D eigenvalue weighted by Crippen LogP contribution is -2.35. The second-order valence-corrected chi connectivity index (χ2v) is 6.59. The van der Waals surface area contributed by atoms with Crippen LogP contribution in [0.4, 0.5) is 0 Å². The van der Waals surface area contributed by atoms with Crippen molar-refractivity contribution in [3.8, 4) is 5.75 Å². The molecule has 0 aliphatic heterocycles. The average molecular weight is 383 g/mol. The number of aromatic amines is 1. The quantitative estimate of drug-likeness (QED) is 0.630. The van der Waals surface area contributed by atoms with Gasteiger partial charge in [-0.25, -0.2) is 0 Å². The van der Waals surface area contributed by atoms with Gasteiger partial charge in [-0.15, -0.1) is 0 Å². The predicted molar refractivity (Wildman–Crippen MR) is 97.2 cm³/mol. The van der Waals surface area contributed by atoms with E-state index in [1.807, 2.05) is 0 Å². The van der Waals surface area contributed by atoms with Crippen molar-refractivity contribution in [1.29, 1.82) is 0 Å². The maximum Gasteiger partial charge on any atom is 0.164 e. The molecule has 1 unspecified atom stereocenters. The van der Waals surface area contributed by atoms with Crippen LogP contribution in [0.2, 0.25) is 15.1 Å². The molecule has 124 valence electrons. The van der Waals surface area contributed by atoms with E-state index < -0.39 is 5.60 Å². The van der Waals surface area contributed by atoms with Crippen molar-refractivity contribution in [3.63, 3.8) is 0 Å². The van der Waals surface area contributed by atoms with Crippen molar-refractivity contribution in [2.45, 2.75) is 5.60 Å². The van der Waals surface area contributed by atoms with Gasteiger partial charge in [0.15, 0.2) is 5.60 Å². The Kier molecular flexibility index (Phi) is 5.07. The Morgan fingerprint density at radius 2 is 1.67 bits per heavy atom. The van der Waals surface area contributed by atoms with Crippen molar-refractivity contribution >= 4 is 34.8 Å². The lowest BCUT2D eigenvalue weighted by atomic mass is 9.91. The molecule has 0 bridgehead atoms. The maximum absolute atomic E-state index is 11.3. The smallest absolute Gasteiger partial charge is 0.164 e. The van der Waals surface area contributed by atoms with Gasteiger partial charge in [0.2, 0.25) is 0 Å². The Morgan fingerprint density at radius 1 is 0.958 bits per heavy atom. The predicted octanol–water partition coefficient (Wildman–Crippen LogP) is 5.29. The molecule has 0 aliphatic rings. The van der Waals surface area contributed by atoms with Gasteiger partial charge in [0.25, 0.3) is 0 Å². The molecule has 3 nitrogen and oxygen atoms in total. The summed E-state index contributed by atoms with van der Waals surface area (Å²) in [5, 5.41) is 12.8. The first kappa shape index (κ1) is 17.2. The molecule has 3 aromatic rings. The minimum Gasteiger partial charge on any atom is -0.490 e. The van der Waals surface area contributed by atoms with E-state index in [9.17, 15) is 5.11 Å². The van der Waals surface area contributed by atoms with Gasteiger partial charge in [0, 0.05) is 26.8 Å². The van der Waals surface area contributed by atoms with Gasteiger partial charge in [-0.1, -0.05) is 40.9 Å². The fraction of sp³-hybridized carbons (Fsp3) is 0.111. The van der Waals surface area contributed by atoms with Crippen LogP contribution in [0.1, 0.15) is 11.3 Å². The van der Waals surface area contributed by atoms with Gasteiger partial charge >= 0.3 is 0 Å². The first-order chi connectivity index (χ1) is 11.5. The van der Waals surface area contributed by atoms with Crippen molar-refractivity contribution < 1.29 is 9.84 Å². The number of ether oxygens (including phenoxy) is 1. The molecule has 0 fully saturated rings. The van der Waals surface area contributed by atoms with Crippen molar-refractivity contribution in [3.05, 3.63) is 87.1 Å².